The van der Waals surface area contributed by atoms with Crippen LogP contribution < -0.4 is 19.5 Å². The van der Waals surface area contributed by atoms with E-state index in [1.54, 1.807) is 36.2 Å². The summed E-state index contributed by atoms with van der Waals surface area (Å²) in [4.78, 5) is 29.6. The van der Waals surface area contributed by atoms with Crippen molar-refractivity contribution in [2.75, 3.05) is 33.2 Å². The maximum atomic E-state index is 13.7. The number of thiophene rings is 1. The normalized spacial score (nSPS) is 17.3. The lowest BCUT2D eigenvalue weighted by atomic mass is 9.81. The number of fused-ring (bicyclic) bond motifs is 1. The van der Waals surface area contributed by atoms with Crippen molar-refractivity contribution in [3.63, 3.8) is 0 Å². The zero-order valence-corrected chi connectivity index (χ0v) is 19.8. The van der Waals surface area contributed by atoms with Crippen LogP contribution in [0.5, 0.6) is 17.2 Å². The van der Waals surface area contributed by atoms with Gasteiger partial charge in [-0.15, -0.1) is 11.3 Å². The third-order valence-corrected chi connectivity index (χ3v) is 6.67. The van der Waals surface area contributed by atoms with Crippen molar-refractivity contribution in [1.82, 2.24) is 4.90 Å². The molecule has 1 aliphatic heterocycles. The minimum atomic E-state index is -0.646. The molecule has 172 valence electrons. The van der Waals surface area contributed by atoms with Gasteiger partial charge in [0.05, 0.1) is 32.8 Å². The van der Waals surface area contributed by atoms with E-state index in [0.717, 1.165) is 10.6 Å². The Hall–Kier alpha value is -3.52. The molecule has 7 nitrogen and oxygen atoms in total. The molecule has 0 bridgehead atoms. The van der Waals surface area contributed by atoms with Crippen LogP contribution in [0.4, 0.5) is 5.69 Å². The molecule has 0 saturated heterocycles. The van der Waals surface area contributed by atoms with Crippen molar-refractivity contribution in [3.8, 4) is 17.2 Å². The van der Waals surface area contributed by atoms with Gasteiger partial charge in [0.15, 0.2) is 11.5 Å². The van der Waals surface area contributed by atoms with Crippen LogP contribution in [-0.4, -0.2) is 44.6 Å². The average molecular weight is 467 g/mol. The fourth-order valence-corrected chi connectivity index (χ4v) is 5.07. The number of nitrogens with one attached hydrogen (secondary N) is 1. The molecule has 0 fully saturated rings. The number of rotatable bonds is 7. The van der Waals surface area contributed by atoms with E-state index < -0.39 is 12.0 Å². The monoisotopic (exact) mass is 466 g/mol. The van der Waals surface area contributed by atoms with Gasteiger partial charge in [-0.05, 0) is 60.3 Å². The first kappa shape index (κ1) is 22.7. The van der Waals surface area contributed by atoms with Gasteiger partial charge in [-0.2, -0.15) is 0 Å². The maximum Gasteiger partial charge on any atom is 0.254 e. The largest absolute Gasteiger partial charge is 0.494 e. The van der Waals surface area contributed by atoms with E-state index in [2.05, 4.69) is 5.32 Å². The van der Waals surface area contributed by atoms with E-state index in [0.29, 0.717) is 34.9 Å². The Kier molecular flexibility index (Phi) is 6.55. The van der Waals surface area contributed by atoms with E-state index in [1.165, 1.54) is 25.6 Å². The van der Waals surface area contributed by atoms with Crippen LogP contribution in [0.15, 0.2) is 53.9 Å². The lowest BCUT2D eigenvalue weighted by Gasteiger charge is -2.39. The van der Waals surface area contributed by atoms with Gasteiger partial charge in [0.25, 0.3) is 5.91 Å². The zero-order chi connectivity index (χ0) is 23.5. The Morgan fingerprint density at radius 1 is 1.09 bits per heavy atom. The van der Waals surface area contributed by atoms with Crippen LogP contribution in [0.1, 0.15) is 39.7 Å². The van der Waals surface area contributed by atoms with Gasteiger partial charge in [0.2, 0.25) is 5.91 Å². The summed E-state index contributed by atoms with van der Waals surface area (Å²) in [6.07, 6.45) is 0. The first-order valence-electron chi connectivity index (χ1n) is 10.6. The van der Waals surface area contributed by atoms with Gasteiger partial charge in [-0.25, -0.2) is 0 Å². The van der Waals surface area contributed by atoms with Gasteiger partial charge in [0, 0.05) is 23.2 Å². The van der Waals surface area contributed by atoms with Crippen LogP contribution in [0.3, 0.4) is 0 Å². The predicted molar refractivity (Wildman–Crippen MR) is 128 cm³/mol. The number of hydrogen-bond acceptors (Lipinski definition) is 6. The van der Waals surface area contributed by atoms with E-state index in [-0.39, 0.29) is 11.8 Å². The number of anilines is 1. The summed E-state index contributed by atoms with van der Waals surface area (Å²) < 4.78 is 16.4. The summed E-state index contributed by atoms with van der Waals surface area (Å²) >= 11 is 1.52. The fourth-order valence-electron chi connectivity index (χ4n) is 4.17. The second kappa shape index (κ2) is 9.54. The van der Waals surface area contributed by atoms with Crippen LogP contribution in [0.2, 0.25) is 0 Å². The Balaban J connectivity index is 1.78. The van der Waals surface area contributed by atoms with Crippen molar-refractivity contribution >= 4 is 28.8 Å². The summed E-state index contributed by atoms with van der Waals surface area (Å²) in [5.74, 6) is 0.611. The molecule has 3 aromatic rings. The number of carbonyl (C=O) groups excluding carboxylic acids is 2. The minimum Gasteiger partial charge on any atom is -0.494 e. The molecule has 2 aromatic carbocycles. The van der Waals surface area contributed by atoms with E-state index in [4.69, 9.17) is 14.2 Å². The van der Waals surface area contributed by atoms with E-state index >= 15 is 0 Å². The van der Waals surface area contributed by atoms with Crippen molar-refractivity contribution in [3.05, 3.63) is 69.9 Å². The number of ether oxygens (including phenoxy) is 3. The molecule has 2 atom stereocenters. The summed E-state index contributed by atoms with van der Waals surface area (Å²) in [5.41, 5.74) is 1.68. The molecule has 0 saturated carbocycles. The van der Waals surface area contributed by atoms with Gasteiger partial charge in [0.1, 0.15) is 5.75 Å². The molecule has 0 radical (unpaired) electrons. The van der Waals surface area contributed by atoms with Crippen LogP contribution in [0.25, 0.3) is 0 Å². The molecule has 33 heavy (non-hydrogen) atoms. The van der Waals surface area contributed by atoms with Crippen molar-refractivity contribution in [2.24, 2.45) is 0 Å². The lowest BCUT2D eigenvalue weighted by molar-refractivity contribution is -0.119. The van der Waals surface area contributed by atoms with Crippen molar-refractivity contribution in [2.45, 2.75) is 18.9 Å². The second-order valence-electron chi connectivity index (χ2n) is 7.60. The Morgan fingerprint density at radius 3 is 2.39 bits per heavy atom. The highest BCUT2D eigenvalue weighted by Crippen LogP contribution is 2.46. The fraction of sp³-hybridized carbons (Fsp3) is 0.280. The van der Waals surface area contributed by atoms with E-state index in [1.807, 2.05) is 36.6 Å². The molecule has 0 aliphatic carbocycles. The Bertz CT molecular complexity index is 1140. The van der Waals surface area contributed by atoms with Crippen LogP contribution in [0, 0.1) is 0 Å². The van der Waals surface area contributed by atoms with Gasteiger partial charge >= 0.3 is 0 Å². The predicted octanol–water partition coefficient (Wildman–Crippen LogP) is 4.71. The summed E-state index contributed by atoms with van der Waals surface area (Å²) in [7, 11) is 4.78. The molecule has 1 N–H and O–H groups in total. The number of carbonyl (C=O) groups is 2. The summed E-state index contributed by atoms with van der Waals surface area (Å²) in [5, 5.41) is 4.96. The topological polar surface area (TPSA) is 77.1 Å². The molecular weight excluding hydrogens is 440 g/mol. The van der Waals surface area contributed by atoms with Crippen LogP contribution >= 0.6 is 11.3 Å². The van der Waals surface area contributed by atoms with Crippen molar-refractivity contribution < 1.29 is 23.8 Å². The Morgan fingerprint density at radius 2 is 1.79 bits per heavy atom. The smallest absolute Gasteiger partial charge is 0.254 e. The molecule has 2 heterocycles. The molecule has 4 rings (SSSR count). The first-order chi connectivity index (χ1) is 16.0. The first-order valence-corrected chi connectivity index (χ1v) is 11.5. The highest BCUT2D eigenvalue weighted by molar-refractivity contribution is 7.10. The zero-order valence-electron chi connectivity index (χ0n) is 19.0. The standard InChI is InChI=1S/C25H26N2O5S/c1-5-32-16-10-8-15(9-11-16)26-24(28)22-17-13-19(30-3)20(31-4)14-18(17)25(29)27(2)23(22)21-7-6-12-33-21/h6-14,22-23H,5H2,1-4H3,(H,26,28)/t22-,23-/m1/s1. The van der Waals surface area contributed by atoms with Crippen molar-refractivity contribution in [1.29, 1.82) is 0 Å². The highest BCUT2D eigenvalue weighted by Gasteiger charge is 2.44. The molecular formula is C25H26N2O5S. The summed E-state index contributed by atoms with van der Waals surface area (Å²) in [6, 6.07) is 14.0. The molecule has 2 amide bonds. The van der Waals surface area contributed by atoms with Gasteiger partial charge < -0.3 is 24.4 Å². The molecule has 0 spiro atoms. The quantitative estimate of drug-likeness (QED) is 0.546. The lowest BCUT2D eigenvalue weighted by Crippen LogP contribution is -2.43. The van der Waals surface area contributed by atoms with Gasteiger partial charge in [-0.3, -0.25) is 9.59 Å². The minimum absolute atomic E-state index is 0.172. The molecule has 1 aromatic heterocycles. The highest BCUT2D eigenvalue weighted by atomic mass is 32.1. The number of hydrogen-bond donors (Lipinski definition) is 1. The average Bonchev–Trinajstić information content (AvgIpc) is 3.36. The Labute approximate surface area is 196 Å². The number of likely N-dealkylation sites (N-methyl/N-ethyl adjacent to an activating group) is 1. The number of nitrogens with zero attached hydrogens (tertiary/aromatic N) is 1. The number of methoxy groups -OCH3 is 2. The third kappa shape index (κ3) is 4.26. The second-order valence-corrected chi connectivity index (χ2v) is 8.57. The SMILES string of the molecule is CCOc1ccc(NC(=O)[C@@H]2c3cc(OC)c(OC)cc3C(=O)N(C)[C@@H]2c2cccs2)cc1. The third-order valence-electron chi connectivity index (χ3n) is 5.72. The molecule has 1 aliphatic rings. The summed E-state index contributed by atoms with van der Waals surface area (Å²) in [6.45, 7) is 2.49. The number of amides is 2. The van der Waals surface area contributed by atoms with Gasteiger partial charge in [-0.1, -0.05) is 6.07 Å². The maximum absolute atomic E-state index is 13.7. The van der Waals surface area contributed by atoms with E-state index in [9.17, 15) is 9.59 Å². The van der Waals surface area contributed by atoms with Crippen LogP contribution in [-0.2, 0) is 4.79 Å². The molecule has 0 unspecified atom stereocenters. The number of benzene rings is 2. The molecule has 8 heteroatoms.